The van der Waals surface area contributed by atoms with Crippen LogP contribution in [0, 0.1) is 5.82 Å². The molecule has 0 unspecified atom stereocenters. The summed E-state index contributed by atoms with van der Waals surface area (Å²) in [4.78, 5) is 5.05. The molecule has 0 fully saturated rings. The third-order valence-corrected chi connectivity index (χ3v) is 4.51. The van der Waals surface area contributed by atoms with E-state index in [1.807, 2.05) is 0 Å². The van der Waals surface area contributed by atoms with Gasteiger partial charge in [0.05, 0.1) is 12.1 Å². The molecular weight excluding hydrogens is 376 g/mol. The molecule has 130 valence electrons. The molecule has 0 amide bonds. The van der Waals surface area contributed by atoms with Gasteiger partial charge in [-0.1, -0.05) is 29.4 Å². The van der Waals surface area contributed by atoms with Crippen LogP contribution in [0.4, 0.5) is 23.2 Å². The highest BCUT2D eigenvalue weighted by atomic mass is 35.5. The van der Waals surface area contributed by atoms with Gasteiger partial charge in [0.15, 0.2) is 5.17 Å². The summed E-state index contributed by atoms with van der Waals surface area (Å²) < 4.78 is 51.6. The van der Waals surface area contributed by atoms with Crippen LogP contribution in [0.25, 0.3) is 6.08 Å². The van der Waals surface area contributed by atoms with Crippen LogP contribution in [0.15, 0.2) is 52.4 Å². The first-order chi connectivity index (χ1) is 11.8. The maximum atomic E-state index is 13.3. The lowest BCUT2D eigenvalue weighted by Gasteiger charge is -2.09. The van der Waals surface area contributed by atoms with E-state index in [0.29, 0.717) is 16.7 Å². The van der Waals surface area contributed by atoms with Gasteiger partial charge in [-0.05, 0) is 48.0 Å². The summed E-state index contributed by atoms with van der Waals surface area (Å²) in [5, 5.41) is 4.35. The Kier molecular flexibility index (Phi) is 5.06. The van der Waals surface area contributed by atoms with Gasteiger partial charge in [-0.2, -0.15) is 13.2 Å². The molecule has 0 bridgehead atoms. The molecule has 0 spiro atoms. The Hall–Kier alpha value is -1.99. The first kappa shape index (κ1) is 17.8. The molecule has 0 aromatic heterocycles. The summed E-state index contributed by atoms with van der Waals surface area (Å²) in [5.74, 6) is -1.28. The van der Waals surface area contributed by atoms with E-state index in [-0.39, 0.29) is 5.56 Å². The molecule has 1 heterocycles. The number of hydrogen-bond donors (Lipinski definition) is 1. The molecule has 0 saturated carbocycles. The molecular formula is C17H11ClF4N2S. The van der Waals surface area contributed by atoms with Gasteiger partial charge in [0.2, 0.25) is 0 Å². The summed E-state index contributed by atoms with van der Waals surface area (Å²) >= 11 is 7.13. The predicted octanol–water partition coefficient (Wildman–Crippen LogP) is 6.05. The number of amidine groups is 1. The molecule has 0 radical (unpaired) electrons. The largest absolute Gasteiger partial charge is 0.419 e. The third kappa shape index (κ3) is 4.55. The van der Waals surface area contributed by atoms with Gasteiger partial charge in [0, 0.05) is 15.6 Å². The molecule has 0 atom stereocenters. The van der Waals surface area contributed by atoms with Gasteiger partial charge in [-0.15, -0.1) is 0 Å². The maximum absolute atomic E-state index is 13.3. The number of halogens is 5. The molecule has 2 nitrogen and oxygen atoms in total. The summed E-state index contributed by atoms with van der Waals surface area (Å²) in [7, 11) is 0. The van der Waals surface area contributed by atoms with E-state index in [1.165, 1.54) is 17.8 Å². The van der Waals surface area contributed by atoms with Crippen molar-refractivity contribution in [2.45, 2.75) is 6.18 Å². The average Bonchev–Trinajstić information content (AvgIpc) is 2.97. The second-order valence-corrected chi connectivity index (χ2v) is 6.75. The van der Waals surface area contributed by atoms with Crippen molar-refractivity contribution in [2.24, 2.45) is 4.99 Å². The monoisotopic (exact) mass is 386 g/mol. The quantitative estimate of drug-likeness (QED) is 0.635. The molecule has 25 heavy (non-hydrogen) atoms. The summed E-state index contributed by atoms with van der Waals surface area (Å²) in [6, 6.07) is 9.99. The fourth-order valence-corrected chi connectivity index (χ4v) is 3.17. The van der Waals surface area contributed by atoms with Crippen LogP contribution in [0.2, 0.25) is 5.02 Å². The van der Waals surface area contributed by atoms with E-state index in [0.717, 1.165) is 22.7 Å². The van der Waals surface area contributed by atoms with Gasteiger partial charge in [0.25, 0.3) is 0 Å². The van der Waals surface area contributed by atoms with Gasteiger partial charge in [-0.25, -0.2) is 4.39 Å². The predicted molar refractivity (Wildman–Crippen MR) is 94.3 cm³/mol. The highest BCUT2D eigenvalue weighted by Crippen LogP contribution is 2.33. The maximum Gasteiger partial charge on any atom is 0.419 e. The fourth-order valence-electron chi connectivity index (χ4n) is 2.17. The summed E-state index contributed by atoms with van der Waals surface area (Å²) in [6.07, 6.45) is -3.15. The van der Waals surface area contributed by atoms with Crippen molar-refractivity contribution in [3.63, 3.8) is 0 Å². The minimum Gasteiger partial charge on any atom is -0.335 e. The Morgan fingerprint density at radius 1 is 1.12 bits per heavy atom. The van der Waals surface area contributed by atoms with Crippen LogP contribution in [0.5, 0.6) is 0 Å². The second kappa shape index (κ2) is 7.09. The number of benzene rings is 2. The average molecular weight is 387 g/mol. The van der Waals surface area contributed by atoms with Gasteiger partial charge in [-0.3, -0.25) is 4.99 Å². The number of anilines is 1. The minimum absolute atomic E-state index is 0.277. The molecule has 8 heteroatoms. The first-order valence-electron chi connectivity index (χ1n) is 7.13. The van der Waals surface area contributed by atoms with E-state index >= 15 is 0 Å². The van der Waals surface area contributed by atoms with Crippen LogP contribution in [-0.2, 0) is 6.18 Å². The van der Waals surface area contributed by atoms with Crippen LogP contribution >= 0.6 is 23.4 Å². The number of nitrogens with zero attached hydrogens (tertiary/aromatic N) is 1. The van der Waals surface area contributed by atoms with Crippen LogP contribution < -0.4 is 5.32 Å². The zero-order valence-electron chi connectivity index (χ0n) is 12.6. The summed E-state index contributed by atoms with van der Waals surface area (Å²) in [6.45, 7) is 0.347. The second-order valence-electron chi connectivity index (χ2n) is 5.20. The van der Waals surface area contributed by atoms with Gasteiger partial charge < -0.3 is 5.32 Å². The molecule has 1 aliphatic rings. The van der Waals surface area contributed by atoms with Crippen molar-refractivity contribution in [1.82, 2.24) is 0 Å². The van der Waals surface area contributed by atoms with Crippen molar-refractivity contribution < 1.29 is 17.6 Å². The lowest BCUT2D eigenvalue weighted by atomic mass is 10.1. The topological polar surface area (TPSA) is 24.4 Å². The van der Waals surface area contributed by atoms with E-state index in [1.54, 1.807) is 30.3 Å². The number of aliphatic imine (C=N–C) groups is 1. The Morgan fingerprint density at radius 3 is 2.52 bits per heavy atom. The zero-order valence-corrected chi connectivity index (χ0v) is 14.1. The molecule has 0 aliphatic carbocycles. The molecule has 0 saturated heterocycles. The number of alkyl halides is 3. The van der Waals surface area contributed by atoms with Crippen molar-refractivity contribution in [3.8, 4) is 0 Å². The Bertz CT molecular complexity index is 845. The lowest BCUT2D eigenvalue weighted by molar-refractivity contribution is -0.140. The molecule has 1 aliphatic heterocycles. The van der Waals surface area contributed by atoms with Crippen LogP contribution in [0.1, 0.15) is 11.1 Å². The lowest BCUT2D eigenvalue weighted by Crippen LogP contribution is -2.08. The van der Waals surface area contributed by atoms with Gasteiger partial charge >= 0.3 is 6.18 Å². The van der Waals surface area contributed by atoms with Crippen molar-refractivity contribution >= 4 is 40.3 Å². The SMILES string of the molecule is Fc1ccc(C=C2CN=C(Nc3ccc(Cl)cc3)S2)cc1C(F)(F)F. The molecule has 3 rings (SSSR count). The standard InChI is InChI=1S/C17H11ClF4N2S/c18-11-2-4-12(5-3-11)24-16-23-9-13(25-16)7-10-1-6-15(19)14(8-10)17(20,21)22/h1-8H,9H2,(H,23,24). The smallest absolute Gasteiger partial charge is 0.335 e. The van der Waals surface area contributed by atoms with Gasteiger partial charge in [0.1, 0.15) is 5.82 Å². The Balaban J connectivity index is 1.71. The minimum atomic E-state index is -4.72. The number of hydrogen-bond acceptors (Lipinski definition) is 3. The Morgan fingerprint density at radius 2 is 1.84 bits per heavy atom. The van der Waals surface area contributed by atoms with Crippen molar-refractivity contribution in [3.05, 3.63) is 69.3 Å². The Labute approximate surface area is 150 Å². The number of thioether (sulfide) groups is 1. The van der Waals surface area contributed by atoms with Crippen LogP contribution in [-0.4, -0.2) is 11.7 Å². The highest BCUT2D eigenvalue weighted by Gasteiger charge is 2.34. The van der Waals surface area contributed by atoms with Crippen LogP contribution in [0.3, 0.4) is 0 Å². The zero-order chi connectivity index (χ0) is 18.0. The molecule has 1 N–H and O–H groups in total. The van der Waals surface area contributed by atoms with E-state index in [2.05, 4.69) is 10.3 Å². The molecule has 2 aromatic rings. The normalized spacial score (nSPS) is 16.2. The third-order valence-electron chi connectivity index (χ3n) is 3.33. The number of nitrogens with one attached hydrogen (secondary N) is 1. The van der Waals surface area contributed by atoms with E-state index in [9.17, 15) is 17.6 Å². The number of rotatable bonds is 2. The molecule has 2 aromatic carbocycles. The summed E-state index contributed by atoms with van der Waals surface area (Å²) in [5.41, 5.74) is -0.192. The van der Waals surface area contributed by atoms with Crippen molar-refractivity contribution in [1.29, 1.82) is 0 Å². The fraction of sp³-hybridized carbons (Fsp3) is 0.118. The van der Waals surface area contributed by atoms with E-state index < -0.39 is 17.6 Å². The highest BCUT2D eigenvalue weighted by molar-refractivity contribution is 8.17. The first-order valence-corrected chi connectivity index (χ1v) is 8.33. The van der Waals surface area contributed by atoms with E-state index in [4.69, 9.17) is 11.6 Å². The van der Waals surface area contributed by atoms with Crippen molar-refractivity contribution in [2.75, 3.05) is 11.9 Å².